The molecule has 0 aliphatic heterocycles. The van der Waals surface area contributed by atoms with Crippen molar-refractivity contribution in [3.63, 3.8) is 0 Å². The summed E-state index contributed by atoms with van der Waals surface area (Å²) < 4.78 is 4.91. The molecule has 0 atom stereocenters. The number of rotatable bonds is 3. The molecule has 2 aliphatic rings. The van der Waals surface area contributed by atoms with Crippen LogP contribution in [0.4, 0.5) is 0 Å². The van der Waals surface area contributed by atoms with E-state index < -0.39 is 0 Å². The Labute approximate surface area is 76.0 Å². The number of fused-ring (bicyclic) bond motifs is 2. The van der Waals surface area contributed by atoms with Gasteiger partial charge in [-0.05, 0) is 32.1 Å². The van der Waals surface area contributed by atoms with Gasteiger partial charge in [-0.2, -0.15) is 5.90 Å². The standard InChI is InChI=1S/C7H14N2O2S/c8-6-1-3-7(5-6,4-2-6)12-11-10-9/h1-5,8-9H2. The summed E-state index contributed by atoms with van der Waals surface area (Å²) in [4.78, 5) is 4.10. The van der Waals surface area contributed by atoms with Crippen molar-refractivity contribution >= 4 is 12.0 Å². The van der Waals surface area contributed by atoms with Crippen molar-refractivity contribution in [3.8, 4) is 0 Å². The van der Waals surface area contributed by atoms with Crippen molar-refractivity contribution in [1.82, 2.24) is 0 Å². The second-order valence-electron chi connectivity index (χ2n) is 3.97. The normalized spacial score (nSPS) is 45.5. The maximum absolute atomic E-state index is 6.12. The molecule has 4 N–H and O–H groups in total. The summed E-state index contributed by atoms with van der Waals surface area (Å²) in [7, 11) is 0. The summed E-state index contributed by atoms with van der Waals surface area (Å²) in [6.07, 6.45) is 5.49. The van der Waals surface area contributed by atoms with Crippen molar-refractivity contribution in [2.75, 3.05) is 0 Å². The lowest BCUT2D eigenvalue weighted by molar-refractivity contribution is -0.196. The molecule has 0 unspecified atom stereocenters. The quantitative estimate of drug-likeness (QED) is 0.392. The van der Waals surface area contributed by atoms with Crippen molar-refractivity contribution < 1.29 is 9.32 Å². The zero-order chi connectivity index (χ0) is 8.66. The Bertz CT molecular complexity index is 180. The fourth-order valence-corrected chi connectivity index (χ4v) is 3.30. The summed E-state index contributed by atoms with van der Waals surface area (Å²) in [6, 6.07) is 0. The largest absolute Gasteiger partial charge is 0.325 e. The zero-order valence-corrected chi connectivity index (χ0v) is 7.73. The number of hydrogen-bond donors (Lipinski definition) is 2. The second-order valence-corrected chi connectivity index (χ2v) is 5.14. The first-order valence-electron chi connectivity index (χ1n) is 4.18. The second kappa shape index (κ2) is 2.85. The molecule has 2 fully saturated rings. The van der Waals surface area contributed by atoms with Crippen LogP contribution in [0.15, 0.2) is 0 Å². The van der Waals surface area contributed by atoms with E-state index in [0.29, 0.717) is 0 Å². The molecule has 0 aromatic carbocycles. The smallest absolute Gasteiger partial charge is 0.0473 e. The summed E-state index contributed by atoms with van der Waals surface area (Å²) in [5.41, 5.74) is 6.19. The molecule has 5 heteroatoms. The Morgan fingerprint density at radius 3 is 2.25 bits per heavy atom. The van der Waals surface area contributed by atoms with Crippen LogP contribution in [0, 0.1) is 0 Å². The Balaban J connectivity index is 1.96. The molecule has 0 radical (unpaired) electrons. The average molecular weight is 190 g/mol. The van der Waals surface area contributed by atoms with Crippen LogP contribution in [0.25, 0.3) is 0 Å². The van der Waals surface area contributed by atoms with Crippen LogP contribution in [0.5, 0.6) is 0 Å². The van der Waals surface area contributed by atoms with Gasteiger partial charge >= 0.3 is 0 Å². The topological polar surface area (TPSA) is 70.5 Å². The van der Waals surface area contributed by atoms with E-state index in [0.717, 1.165) is 32.1 Å². The van der Waals surface area contributed by atoms with Crippen LogP contribution in [0.3, 0.4) is 0 Å². The Morgan fingerprint density at radius 1 is 1.17 bits per heavy atom. The molecule has 70 valence electrons. The average Bonchev–Trinajstić information content (AvgIpc) is 2.55. The third-order valence-electron chi connectivity index (χ3n) is 3.08. The van der Waals surface area contributed by atoms with Crippen LogP contribution >= 0.6 is 12.0 Å². The Morgan fingerprint density at radius 2 is 1.83 bits per heavy atom. The first-order chi connectivity index (χ1) is 5.68. The fourth-order valence-electron chi connectivity index (χ4n) is 2.40. The maximum Gasteiger partial charge on any atom is 0.0473 e. The highest BCUT2D eigenvalue weighted by atomic mass is 32.2. The van der Waals surface area contributed by atoms with Gasteiger partial charge in [0.15, 0.2) is 0 Å². The lowest BCUT2D eigenvalue weighted by Gasteiger charge is -2.23. The summed E-state index contributed by atoms with van der Waals surface area (Å²) in [6.45, 7) is 0. The minimum absolute atomic E-state index is 0.0744. The molecular formula is C7H14N2O2S. The zero-order valence-electron chi connectivity index (χ0n) is 6.91. The third kappa shape index (κ3) is 1.36. The predicted molar refractivity (Wildman–Crippen MR) is 46.7 cm³/mol. The van der Waals surface area contributed by atoms with Crippen LogP contribution < -0.4 is 11.6 Å². The van der Waals surface area contributed by atoms with Gasteiger partial charge in [-0.3, -0.25) is 0 Å². The molecule has 0 spiro atoms. The molecular weight excluding hydrogens is 176 g/mol. The van der Waals surface area contributed by atoms with Crippen LogP contribution in [-0.4, -0.2) is 10.3 Å². The van der Waals surface area contributed by atoms with Gasteiger partial charge in [0.1, 0.15) is 0 Å². The molecule has 2 saturated carbocycles. The molecule has 0 aromatic heterocycles. The van der Waals surface area contributed by atoms with E-state index in [2.05, 4.69) is 4.99 Å². The van der Waals surface area contributed by atoms with E-state index in [1.165, 1.54) is 12.0 Å². The van der Waals surface area contributed by atoms with Crippen LogP contribution in [-0.2, 0) is 9.32 Å². The fraction of sp³-hybridized carbons (Fsp3) is 1.00. The van der Waals surface area contributed by atoms with E-state index in [9.17, 15) is 0 Å². The van der Waals surface area contributed by atoms with Gasteiger partial charge in [0.25, 0.3) is 0 Å². The van der Waals surface area contributed by atoms with E-state index in [1.54, 1.807) is 0 Å². The highest BCUT2D eigenvalue weighted by Gasteiger charge is 2.53. The van der Waals surface area contributed by atoms with Crippen molar-refractivity contribution in [3.05, 3.63) is 0 Å². The monoisotopic (exact) mass is 190 g/mol. The highest BCUT2D eigenvalue weighted by Crippen LogP contribution is 2.56. The Kier molecular flexibility index (Phi) is 2.08. The number of hydrogen-bond acceptors (Lipinski definition) is 5. The third-order valence-corrected chi connectivity index (χ3v) is 4.13. The first-order valence-corrected chi connectivity index (χ1v) is 4.92. The molecule has 2 rings (SSSR count). The molecule has 4 nitrogen and oxygen atoms in total. The van der Waals surface area contributed by atoms with Crippen molar-refractivity contribution in [2.24, 2.45) is 11.6 Å². The van der Waals surface area contributed by atoms with E-state index in [-0.39, 0.29) is 10.3 Å². The lowest BCUT2D eigenvalue weighted by atomic mass is 9.95. The summed E-state index contributed by atoms with van der Waals surface area (Å²) in [5, 5.41) is 0. The van der Waals surface area contributed by atoms with Gasteiger partial charge in [-0.1, -0.05) is 0 Å². The van der Waals surface area contributed by atoms with Gasteiger partial charge in [0.05, 0.1) is 0 Å². The Hall–Kier alpha value is 0.190. The van der Waals surface area contributed by atoms with Gasteiger partial charge < -0.3 is 5.73 Å². The number of nitrogens with two attached hydrogens (primary N) is 2. The van der Waals surface area contributed by atoms with Crippen LogP contribution in [0.2, 0.25) is 0 Å². The summed E-state index contributed by atoms with van der Waals surface area (Å²) in [5.74, 6) is 4.79. The van der Waals surface area contributed by atoms with Crippen molar-refractivity contribution in [1.29, 1.82) is 0 Å². The van der Waals surface area contributed by atoms with E-state index >= 15 is 0 Å². The van der Waals surface area contributed by atoms with Gasteiger partial charge in [-0.25, -0.2) is 0 Å². The molecule has 0 amide bonds. The van der Waals surface area contributed by atoms with Crippen molar-refractivity contribution in [2.45, 2.75) is 42.4 Å². The molecule has 0 aromatic rings. The molecule has 12 heavy (non-hydrogen) atoms. The molecule has 2 bridgehead atoms. The van der Waals surface area contributed by atoms with Gasteiger partial charge in [-0.15, -0.1) is 9.32 Å². The molecule has 0 heterocycles. The lowest BCUT2D eigenvalue weighted by Crippen LogP contribution is -2.33. The maximum atomic E-state index is 6.12. The minimum Gasteiger partial charge on any atom is -0.325 e. The van der Waals surface area contributed by atoms with Gasteiger partial charge in [0.2, 0.25) is 0 Å². The van der Waals surface area contributed by atoms with Crippen LogP contribution in [0.1, 0.15) is 32.1 Å². The predicted octanol–water partition coefficient (Wildman–Crippen LogP) is 0.870. The SMILES string of the molecule is NOOSC12CCC(N)(CC1)C2. The molecule has 0 saturated heterocycles. The van der Waals surface area contributed by atoms with E-state index in [1.807, 2.05) is 0 Å². The van der Waals surface area contributed by atoms with E-state index in [4.69, 9.17) is 16.0 Å². The molecule has 2 aliphatic carbocycles. The van der Waals surface area contributed by atoms with Gasteiger partial charge in [0, 0.05) is 22.3 Å². The highest BCUT2D eigenvalue weighted by molar-refractivity contribution is 7.96. The minimum atomic E-state index is 0.0744. The first kappa shape index (κ1) is 8.77. The summed E-state index contributed by atoms with van der Waals surface area (Å²) >= 11 is 1.34.